The monoisotopic (exact) mass is 615 g/mol. The number of hydrogen-bond acceptors (Lipinski definition) is 9. The van der Waals surface area contributed by atoms with Gasteiger partial charge in [-0.2, -0.15) is 0 Å². The van der Waals surface area contributed by atoms with E-state index in [0.29, 0.717) is 11.4 Å². The predicted molar refractivity (Wildman–Crippen MR) is 144 cm³/mol. The number of rotatable bonds is 5. The van der Waals surface area contributed by atoms with Crippen molar-refractivity contribution in [2.24, 2.45) is 11.8 Å². The summed E-state index contributed by atoms with van der Waals surface area (Å²) in [6.45, 7) is 0. The van der Waals surface area contributed by atoms with Gasteiger partial charge in [0.1, 0.15) is 5.69 Å². The fourth-order valence-corrected chi connectivity index (χ4v) is 6.12. The van der Waals surface area contributed by atoms with Gasteiger partial charge in [0, 0.05) is 33.7 Å². The normalized spacial score (nSPS) is 20.5. The second kappa shape index (κ2) is 11.4. The molecule has 3 aromatic carbocycles. The van der Waals surface area contributed by atoms with Crippen molar-refractivity contribution in [1.29, 1.82) is 0 Å². The molecule has 1 fully saturated rings. The number of halogens is 2. The molecule has 6 rings (SSSR count). The summed E-state index contributed by atoms with van der Waals surface area (Å²) in [7, 11) is 0. The van der Waals surface area contributed by atoms with E-state index < -0.39 is 47.0 Å². The first-order valence-electron chi connectivity index (χ1n) is 11.9. The summed E-state index contributed by atoms with van der Waals surface area (Å²) in [5.41, 5.74) is -0.446. The van der Waals surface area contributed by atoms with Gasteiger partial charge in [-0.3, -0.25) is 14.4 Å². The van der Waals surface area contributed by atoms with Crippen molar-refractivity contribution < 1.29 is 58.6 Å². The van der Waals surface area contributed by atoms with Crippen LogP contribution in [0.1, 0.15) is 32.4 Å². The molecule has 3 atom stereocenters. The molecule has 1 amide bonds. The predicted octanol–water partition coefficient (Wildman–Crippen LogP) is 1.03. The van der Waals surface area contributed by atoms with E-state index in [1.165, 1.54) is 41.9 Å². The SMILES string of the molecule is O=C(Nc1ccc(-c2csnn2)cc1)C1C(c2ccc(Cl)c(Cl)c2)OC2(C(=O)c3ccccc3C2=O)C1C(=O)[O-].[Na+]. The molecule has 0 bridgehead atoms. The maximum Gasteiger partial charge on any atom is 1.00 e. The number of nitrogens with one attached hydrogen (secondary N) is 1. The number of carboxylic acid groups (broad SMARTS) is 1. The van der Waals surface area contributed by atoms with Crippen molar-refractivity contribution in [2.75, 3.05) is 5.32 Å². The van der Waals surface area contributed by atoms with Crippen molar-refractivity contribution >= 4 is 63.9 Å². The van der Waals surface area contributed by atoms with E-state index in [2.05, 4.69) is 14.9 Å². The first-order valence-corrected chi connectivity index (χ1v) is 13.5. The Hall–Kier alpha value is -2.96. The summed E-state index contributed by atoms with van der Waals surface area (Å²) >= 11 is 13.5. The molecular weight excluding hydrogens is 600 g/mol. The van der Waals surface area contributed by atoms with Crippen molar-refractivity contribution in [3.63, 3.8) is 0 Å². The zero-order valence-corrected chi connectivity index (χ0v) is 25.5. The Labute approximate surface area is 269 Å². The molecule has 3 unspecified atom stereocenters. The Morgan fingerprint density at radius 2 is 1.61 bits per heavy atom. The number of carbonyl (C=O) groups is 4. The third-order valence-corrected chi connectivity index (χ3v) is 8.41. The van der Waals surface area contributed by atoms with Gasteiger partial charge >= 0.3 is 29.6 Å². The Morgan fingerprint density at radius 3 is 2.17 bits per heavy atom. The van der Waals surface area contributed by atoms with Crippen molar-refractivity contribution in [1.82, 2.24) is 9.59 Å². The number of ether oxygens (including phenoxy) is 1. The van der Waals surface area contributed by atoms with E-state index in [4.69, 9.17) is 27.9 Å². The average molecular weight is 616 g/mol. The van der Waals surface area contributed by atoms with Gasteiger partial charge in [0.15, 0.2) is 0 Å². The van der Waals surface area contributed by atoms with E-state index in [9.17, 15) is 24.3 Å². The molecule has 9 nitrogen and oxygen atoms in total. The minimum atomic E-state index is -2.50. The number of aromatic nitrogens is 2. The maximum atomic E-state index is 13.8. The number of hydrogen-bond donors (Lipinski definition) is 1. The van der Waals surface area contributed by atoms with E-state index >= 15 is 0 Å². The van der Waals surface area contributed by atoms with Crippen LogP contribution in [0.4, 0.5) is 5.69 Å². The van der Waals surface area contributed by atoms with Crippen LogP contribution in [-0.4, -0.2) is 38.6 Å². The van der Waals surface area contributed by atoms with Crippen LogP contribution in [0, 0.1) is 11.8 Å². The molecular formula is C28H16Cl2N3NaO6S. The van der Waals surface area contributed by atoms with Crippen LogP contribution in [0.25, 0.3) is 11.3 Å². The quantitative estimate of drug-likeness (QED) is 0.259. The third kappa shape index (κ3) is 4.83. The van der Waals surface area contributed by atoms with E-state index in [1.54, 1.807) is 41.8 Å². The number of Topliss-reactive ketones (excluding diaryl/α,β-unsaturated/α-hetero) is 2. The molecule has 1 saturated heterocycles. The minimum Gasteiger partial charge on any atom is -0.550 e. The Bertz CT molecular complexity index is 1660. The van der Waals surface area contributed by atoms with Crippen LogP contribution >= 0.6 is 34.7 Å². The van der Waals surface area contributed by atoms with Gasteiger partial charge in [-0.15, -0.1) is 5.10 Å². The van der Waals surface area contributed by atoms with Crippen LogP contribution in [0.2, 0.25) is 10.0 Å². The summed E-state index contributed by atoms with van der Waals surface area (Å²) in [6, 6.07) is 17.0. The third-order valence-electron chi connectivity index (χ3n) is 7.16. The van der Waals surface area contributed by atoms with Crippen molar-refractivity contribution in [2.45, 2.75) is 11.7 Å². The number of ketones is 2. The molecule has 13 heteroatoms. The summed E-state index contributed by atoms with van der Waals surface area (Å²) in [5.74, 6) is -7.75. The fraction of sp³-hybridized carbons (Fsp3) is 0.143. The van der Waals surface area contributed by atoms with Crippen LogP contribution in [0.5, 0.6) is 0 Å². The second-order valence-corrected chi connectivity index (χ2v) is 10.8. The fourth-order valence-electron chi connectivity index (χ4n) is 5.35. The molecule has 1 aromatic heterocycles. The second-order valence-electron chi connectivity index (χ2n) is 9.33. The number of amides is 1. The van der Waals surface area contributed by atoms with Crippen LogP contribution < -0.4 is 40.0 Å². The van der Waals surface area contributed by atoms with Crippen LogP contribution in [-0.2, 0) is 14.3 Å². The topological polar surface area (TPSA) is 138 Å². The average Bonchev–Trinajstić information content (AvgIpc) is 3.66. The standard InChI is InChI=1S/C28H17Cl2N3O6S.Na/c29-18-10-7-14(11-19(18)30)23-21(26(36)31-15-8-5-13(6-9-15)20-12-40-33-32-20)22(27(37)38)28(39-23)24(34)16-3-1-2-4-17(16)25(28)35;/h1-12,21-23H,(H,31,36)(H,37,38);/q;+1/p-1. The molecule has 200 valence electrons. The van der Waals surface area contributed by atoms with Gasteiger partial charge in [0.25, 0.3) is 0 Å². The zero-order chi connectivity index (χ0) is 28.2. The minimum absolute atomic E-state index is 0. The van der Waals surface area contributed by atoms with Gasteiger partial charge in [0.2, 0.25) is 23.1 Å². The number of aliphatic carboxylic acids is 1. The van der Waals surface area contributed by atoms with Gasteiger partial charge in [-0.25, -0.2) is 0 Å². The largest absolute Gasteiger partial charge is 1.00 e. The van der Waals surface area contributed by atoms with E-state index in [1.807, 2.05) is 0 Å². The van der Waals surface area contributed by atoms with Gasteiger partial charge in [-0.05, 0) is 41.4 Å². The molecule has 1 N–H and O–H groups in total. The smallest absolute Gasteiger partial charge is 0.550 e. The van der Waals surface area contributed by atoms with Gasteiger partial charge < -0.3 is 20.0 Å². The Morgan fingerprint density at radius 1 is 0.951 bits per heavy atom. The molecule has 2 aliphatic rings. The summed E-state index contributed by atoms with van der Waals surface area (Å²) in [6.07, 6.45) is -1.35. The number of fused-ring (bicyclic) bond motifs is 1. The van der Waals surface area contributed by atoms with Crippen molar-refractivity contribution in [3.8, 4) is 11.3 Å². The summed E-state index contributed by atoms with van der Waals surface area (Å²) < 4.78 is 9.95. The van der Waals surface area contributed by atoms with Gasteiger partial charge in [-0.1, -0.05) is 70.2 Å². The number of nitrogens with zero attached hydrogens (tertiary/aromatic N) is 2. The van der Waals surface area contributed by atoms with Crippen LogP contribution in [0.15, 0.2) is 72.1 Å². The number of anilines is 1. The van der Waals surface area contributed by atoms with Gasteiger partial charge in [0.05, 0.1) is 28.0 Å². The molecule has 0 saturated carbocycles. The first kappa shape index (κ1) is 29.5. The molecule has 1 spiro atoms. The molecule has 2 heterocycles. The molecule has 0 radical (unpaired) electrons. The Balaban J connectivity index is 0.00000337. The van der Waals surface area contributed by atoms with E-state index in [-0.39, 0.29) is 56.3 Å². The number of carboxylic acids is 1. The maximum absolute atomic E-state index is 13.8. The van der Waals surface area contributed by atoms with Crippen LogP contribution in [0.3, 0.4) is 0 Å². The number of benzene rings is 3. The number of carbonyl (C=O) groups excluding carboxylic acids is 4. The molecule has 1 aliphatic heterocycles. The summed E-state index contributed by atoms with van der Waals surface area (Å²) in [5, 5.41) is 21.5. The summed E-state index contributed by atoms with van der Waals surface area (Å²) in [4.78, 5) is 53.9. The van der Waals surface area contributed by atoms with E-state index in [0.717, 1.165) is 5.56 Å². The van der Waals surface area contributed by atoms with Crippen molar-refractivity contribution in [3.05, 3.63) is 98.8 Å². The molecule has 1 aliphatic carbocycles. The first-order chi connectivity index (χ1) is 19.2. The Kier molecular flexibility index (Phi) is 8.19. The molecule has 4 aromatic rings. The zero-order valence-electron chi connectivity index (χ0n) is 21.2. The molecule has 41 heavy (non-hydrogen) atoms.